The quantitative estimate of drug-likeness (QED) is 0.441. The second kappa shape index (κ2) is 7.45. The molecule has 0 saturated heterocycles. The number of hydrogen-bond acceptors (Lipinski definition) is 2. The fourth-order valence-corrected chi connectivity index (χ4v) is 3.53. The van der Waals surface area contributed by atoms with Crippen LogP contribution < -0.4 is 5.32 Å². The maximum Gasteiger partial charge on any atom is 0.256 e. The van der Waals surface area contributed by atoms with Crippen molar-refractivity contribution in [2.45, 2.75) is 13.8 Å². The summed E-state index contributed by atoms with van der Waals surface area (Å²) in [5, 5.41) is 4.53. The number of rotatable bonds is 3. The third-order valence-electron chi connectivity index (χ3n) is 4.76. The van der Waals surface area contributed by atoms with E-state index in [2.05, 4.69) is 5.32 Å². The zero-order valence-electron chi connectivity index (χ0n) is 15.7. The van der Waals surface area contributed by atoms with Gasteiger partial charge in [0.25, 0.3) is 5.91 Å². The Morgan fingerprint density at radius 1 is 0.929 bits per heavy atom. The van der Waals surface area contributed by atoms with Gasteiger partial charge in [0.05, 0.1) is 16.8 Å². The number of pyridine rings is 1. The van der Waals surface area contributed by atoms with Gasteiger partial charge < -0.3 is 5.32 Å². The molecule has 0 fully saturated rings. The van der Waals surface area contributed by atoms with Crippen LogP contribution in [0.15, 0.2) is 72.8 Å². The minimum atomic E-state index is -0.142. The average molecular weight is 387 g/mol. The van der Waals surface area contributed by atoms with Crippen molar-refractivity contribution in [1.29, 1.82) is 0 Å². The molecule has 3 aromatic carbocycles. The summed E-state index contributed by atoms with van der Waals surface area (Å²) in [5.41, 5.74) is 5.84. The summed E-state index contributed by atoms with van der Waals surface area (Å²) >= 11 is 6.03. The molecule has 4 heteroatoms. The summed E-state index contributed by atoms with van der Waals surface area (Å²) < 4.78 is 0. The lowest BCUT2D eigenvalue weighted by Gasteiger charge is -2.15. The minimum Gasteiger partial charge on any atom is -0.322 e. The minimum absolute atomic E-state index is 0.142. The zero-order chi connectivity index (χ0) is 19.7. The van der Waals surface area contributed by atoms with Crippen molar-refractivity contribution in [3.63, 3.8) is 0 Å². The summed E-state index contributed by atoms with van der Waals surface area (Å²) in [4.78, 5) is 18.1. The normalized spacial score (nSPS) is 10.8. The van der Waals surface area contributed by atoms with Crippen LogP contribution in [-0.2, 0) is 0 Å². The first-order valence-corrected chi connectivity index (χ1v) is 9.44. The topological polar surface area (TPSA) is 42.0 Å². The van der Waals surface area contributed by atoms with E-state index in [1.54, 1.807) is 0 Å². The predicted molar refractivity (Wildman–Crippen MR) is 116 cm³/mol. The van der Waals surface area contributed by atoms with E-state index in [9.17, 15) is 4.79 Å². The molecule has 0 saturated carbocycles. The molecular weight excluding hydrogens is 368 g/mol. The number of nitrogens with zero attached hydrogens (tertiary/aromatic N) is 1. The number of aryl methyl sites for hydroxylation is 1. The number of amides is 1. The van der Waals surface area contributed by atoms with Crippen molar-refractivity contribution in [1.82, 2.24) is 4.98 Å². The van der Waals surface area contributed by atoms with Gasteiger partial charge in [-0.2, -0.15) is 0 Å². The third kappa shape index (κ3) is 3.49. The summed E-state index contributed by atoms with van der Waals surface area (Å²) in [6, 6.07) is 23.0. The molecule has 0 spiro atoms. The number of benzene rings is 3. The highest BCUT2D eigenvalue weighted by atomic mass is 35.5. The van der Waals surface area contributed by atoms with Crippen LogP contribution in [0.4, 0.5) is 5.69 Å². The lowest BCUT2D eigenvalue weighted by molar-refractivity contribution is 0.102. The number of para-hydroxylation sites is 1. The SMILES string of the molecule is Cc1cccc(NC(=O)c2c(C)c(-c3ccc(Cl)cc3)nc3ccccc23)c1. The third-order valence-corrected chi connectivity index (χ3v) is 5.01. The highest BCUT2D eigenvalue weighted by molar-refractivity contribution is 6.30. The molecule has 0 aliphatic carbocycles. The first-order valence-electron chi connectivity index (χ1n) is 9.06. The Kier molecular flexibility index (Phi) is 4.84. The van der Waals surface area contributed by atoms with E-state index in [0.29, 0.717) is 10.6 Å². The molecule has 4 rings (SSSR count). The molecule has 0 aliphatic heterocycles. The Hall–Kier alpha value is -3.17. The van der Waals surface area contributed by atoms with Crippen molar-refractivity contribution >= 4 is 34.1 Å². The van der Waals surface area contributed by atoms with Crippen LogP contribution in [-0.4, -0.2) is 10.9 Å². The van der Waals surface area contributed by atoms with E-state index >= 15 is 0 Å². The molecule has 3 nitrogen and oxygen atoms in total. The monoisotopic (exact) mass is 386 g/mol. The van der Waals surface area contributed by atoms with Crippen LogP contribution in [0.2, 0.25) is 5.02 Å². The van der Waals surface area contributed by atoms with E-state index in [1.165, 1.54) is 0 Å². The molecule has 0 unspecified atom stereocenters. The van der Waals surface area contributed by atoms with Gasteiger partial charge >= 0.3 is 0 Å². The van der Waals surface area contributed by atoms with Crippen molar-refractivity contribution in [2.24, 2.45) is 0 Å². The Morgan fingerprint density at radius 2 is 1.68 bits per heavy atom. The molecule has 0 bridgehead atoms. The summed E-state index contributed by atoms with van der Waals surface area (Å²) in [7, 11) is 0. The Labute approximate surface area is 169 Å². The maximum absolute atomic E-state index is 13.2. The van der Waals surface area contributed by atoms with Crippen LogP contribution >= 0.6 is 11.6 Å². The lowest BCUT2D eigenvalue weighted by atomic mass is 9.97. The number of hydrogen-bond donors (Lipinski definition) is 1. The van der Waals surface area contributed by atoms with Crippen molar-refractivity contribution in [3.8, 4) is 11.3 Å². The van der Waals surface area contributed by atoms with E-state index in [-0.39, 0.29) is 5.91 Å². The number of fused-ring (bicyclic) bond motifs is 1. The van der Waals surface area contributed by atoms with E-state index in [4.69, 9.17) is 16.6 Å². The molecular formula is C24H19ClN2O. The summed E-state index contributed by atoms with van der Waals surface area (Å²) in [6.45, 7) is 3.94. The standard InChI is InChI=1S/C24H19ClN2O/c1-15-6-5-7-19(14-15)26-24(28)22-16(2)23(17-10-12-18(25)13-11-17)27-21-9-4-3-8-20(21)22/h3-14H,1-2H3,(H,26,28). The Balaban J connectivity index is 1.87. The largest absolute Gasteiger partial charge is 0.322 e. The van der Waals surface area contributed by atoms with Crippen LogP contribution in [0.3, 0.4) is 0 Å². The van der Waals surface area contributed by atoms with Crippen LogP contribution in [0.1, 0.15) is 21.5 Å². The molecule has 1 heterocycles. The van der Waals surface area contributed by atoms with Gasteiger partial charge in [-0.05, 0) is 55.3 Å². The molecule has 1 amide bonds. The number of nitrogens with one attached hydrogen (secondary N) is 1. The van der Waals surface area contributed by atoms with Crippen LogP contribution in [0.5, 0.6) is 0 Å². The van der Waals surface area contributed by atoms with Gasteiger partial charge in [-0.15, -0.1) is 0 Å². The predicted octanol–water partition coefficient (Wildman–Crippen LogP) is 6.42. The zero-order valence-corrected chi connectivity index (χ0v) is 16.4. The summed E-state index contributed by atoms with van der Waals surface area (Å²) in [5.74, 6) is -0.142. The second-order valence-corrected chi connectivity index (χ2v) is 7.24. The van der Waals surface area contributed by atoms with E-state index in [1.807, 2.05) is 86.6 Å². The molecule has 0 aliphatic rings. The van der Waals surface area contributed by atoms with E-state index in [0.717, 1.165) is 39.0 Å². The van der Waals surface area contributed by atoms with Gasteiger partial charge in [0.2, 0.25) is 0 Å². The molecule has 4 aromatic rings. The van der Waals surface area contributed by atoms with Crippen molar-refractivity contribution < 1.29 is 4.79 Å². The number of halogens is 1. The first-order chi connectivity index (χ1) is 13.5. The maximum atomic E-state index is 13.2. The van der Waals surface area contributed by atoms with E-state index < -0.39 is 0 Å². The Morgan fingerprint density at radius 3 is 2.43 bits per heavy atom. The smallest absolute Gasteiger partial charge is 0.256 e. The van der Waals surface area contributed by atoms with Gasteiger partial charge in [0, 0.05) is 21.7 Å². The fourth-order valence-electron chi connectivity index (χ4n) is 3.41. The molecule has 28 heavy (non-hydrogen) atoms. The van der Waals surface area contributed by atoms with Crippen molar-refractivity contribution in [3.05, 3.63) is 94.5 Å². The fraction of sp³-hybridized carbons (Fsp3) is 0.0833. The number of carbonyl (C=O) groups excluding carboxylic acids is 1. The number of aromatic nitrogens is 1. The van der Waals surface area contributed by atoms with Gasteiger partial charge in [-0.25, -0.2) is 4.98 Å². The molecule has 138 valence electrons. The summed E-state index contributed by atoms with van der Waals surface area (Å²) in [6.07, 6.45) is 0. The lowest BCUT2D eigenvalue weighted by Crippen LogP contribution is -2.15. The van der Waals surface area contributed by atoms with Gasteiger partial charge in [-0.3, -0.25) is 4.79 Å². The second-order valence-electron chi connectivity index (χ2n) is 6.81. The van der Waals surface area contributed by atoms with Gasteiger partial charge in [-0.1, -0.05) is 54.1 Å². The molecule has 0 radical (unpaired) electrons. The number of anilines is 1. The molecule has 0 atom stereocenters. The average Bonchev–Trinajstić information content (AvgIpc) is 2.68. The van der Waals surface area contributed by atoms with Gasteiger partial charge in [0.15, 0.2) is 0 Å². The molecule has 1 aromatic heterocycles. The highest BCUT2D eigenvalue weighted by Gasteiger charge is 2.19. The van der Waals surface area contributed by atoms with Gasteiger partial charge in [0.1, 0.15) is 0 Å². The number of carbonyl (C=O) groups is 1. The molecule has 1 N–H and O–H groups in total. The van der Waals surface area contributed by atoms with Crippen LogP contribution in [0, 0.1) is 13.8 Å². The highest BCUT2D eigenvalue weighted by Crippen LogP contribution is 2.31. The Bertz CT molecular complexity index is 1180. The first kappa shape index (κ1) is 18.2. The van der Waals surface area contributed by atoms with Crippen LogP contribution in [0.25, 0.3) is 22.2 Å². The van der Waals surface area contributed by atoms with Crippen molar-refractivity contribution in [2.75, 3.05) is 5.32 Å².